The number of aryl methyl sites for hydroxylation is 2. The summed E-state index contributed by atoms with van der Waals surface area (Å²) < 4.78 is 2.32. The van der Waals surface area contributed by atoms with Gasteiger partial charge in [0.1, 0.15) is 0 Å². The van der Waals surface area contributed by atoms with Crippen molar-refractivity contribution in [3.8, 4) is 0 Å². The molecule has 1 fully saturated rings. The second-order valence-electron chi connectivity index (χ2n) is 5.83. The zero-order valence-corrected chi connectivity index (χ0v) is 12.1. The summed E-state index contributed by atoms with van der Waals surface area (Å²) in [5.74, 6) is 0.858. The van der Waals surface area contributed by atoms with Crippen molar-refractivity contribution in [2.75, 3.05) is 13.1 Å². The van der Waals surface area contributed by atoms with Crippen LogP contribution in [0, 0.1) is 5.92 Å². The second kappa shape index (κ2) is 5.38. The van der Waals surface area contributed by atoms with E-state index in [-0.39, 0.29) is 0 Å². The van der Waals surface area contributed by atoms with Gasteiger partial charge < -0.3 is 9.88 Å². The zero-order chi connectivity index (χ0) is 13.2. The first-order valence-corrected chi connectivity index (χ1v) is 7.56. The van der Waals surface area contributed by atoms with Crippen molar-refractivity contribution in [3.63, 3.8) is 0 Å². The molecule has 0 radical (unpaired) electrons. The highest BCUT2D eigenvalue weighted by molar-refractivity contribution is 5.86. The lowest BCUT2D eigenvalue weighted by Crippen LogP contribution is -2.28. The minimum atomic E-state index is 0.858. The van der Waals surface area contributed by atoms with Crippen LogP contribution in [0.5, 0.6) is 0 Å². The minimum Gasteiger partial charge on any atom is -0.350 e. The number of aromatic nitrogens is 1. The van der Waals surface area contributed by atoms with Crippen molar-refractivity contribution in [2.45, 2.75) is 32.6 Å². The molecule has 2 heterocycles. The summed E-state index contributed by atoms with van der Waals surface area (Å²) in [5.41, 5.74) is 4.45. The first-order chi connectivity index (χ1) is 9.29. The predicted molar refractivity (Wildman–Crippen MR) is 81.6 cm³/mol. The lowest BCUT2D eigenvalue weighted by atomic mass is 9.90. The van der Waals surface area contributed by atoms with Crippen molar-refractivity contribution in [3.05, 3.63) is 35.5 Å². The Morgan fingerprint density at radius 1 is 1.21 bits per heavy atom. The smallest absolute Gasteiger partial charge is 0.0512 e. The fraction of sp³-hybridized carbons (Fsp3) is 0.529. The van der Waals surface area contributed by atoms with Gasteiger partial charge in [-0.3, -0.25) is 0 Å². The fourth-order valence-electron chi connectivity index (χ4n) is 3.48. The molecular weight excluding hydrogens is 232 g/mol. The Balaban J connectivity index is 1.95. The molecule has 2 nitrogen and oxygen atoms in total. The third-order valence-electron chi connectivity index (χ3n) is 4.52. The molecule has 1 N–H and O–H groups in total. The molecule has 0 amide bonds. The molecule has 1 aliphatic rings. The topological polar surface area (TPSA) is 17.0 Å². The predicted octanol–water partition coefficient (Wildman–Crippen LogP) is 3.28. The third-order valence-corrected chi connectivity index (χ3v) is 4.52. The zero-order valence-electron chi connectivity index (χ0n) is 12.1. The molecular formula is C17H24N2. The molecule has 1 aromatic heterocycles. The van der Waals surface area contributed by atoms with E-state index in [9.17, 15) is 0 Å². The number of para-hydroxylation sites is 1. The lowest BCUT2D eigenvalue weighted by molar-refractivity contribution is 0.373. The fourth-order valence-corrected chi connectivity index (χ4v) is 3.48. The van der Waals surface area contributed by atoms with Crippen LogP contribution in [0.3, 0.4) is 0 Å². The van der Waals surface area contributed by atoms with E-state index in [2.05, 4.69) is 48.3 Å². The molecule has 1 aromatic carbocycles. The maximum Gasteiger partial charge on any atom is 0.0512 e. The highest BCUT2D eigenvalue weighted by atomic mass is 14.9. The minimum absolute atomic E-state index is 0.858. The van der Waals surface area contributed by atoms with Crippen LogP contribution in [0.4, 0.5) is 0 Å². The van der Waals surface area contributed by atoms with E-state index in [1.807, 2.05) is 0 Å². The van der Waals surface area contributed by atoms with E-state index >= 15 is 0 Å². The van der Waals surface area contributed by atoms with Gasteiger partial charge in [-0.05, 0) is 55.8 Å². The Labute approximate surface area is 115 Å². The Bertz CT molecular complexity index is 562. The van der Waals surface area contributed by atoms with Gasteiger partial charge in [-0.1, -0.05) is 25.1 Å². The monoisotopic (exact) mass is 256 g/mol. The molecule has 0 saturated carbocycles. The van der Waals surface area contributed by atoms with Crippen molar-refractivity contribution in [2.24, 2.45) is 13.0 Å². The van der Waals surface area contributed by atoms with E-state index in [0.29, 0.717) is 0 Å². The van der Waals surface area contributed by atoms with Crippen LogP contribution in [0.15, 0.2) is 24.4 Å². The molecule has 3 rings (SSSR count). The Hall–Kier alpha value is -1.28. The summed E-state index contributed by atoms with van der Waals surface area (Å²) in [6.07, 6.45) is 7.35. The molecule has 0 bridgehead atoms. The van der Waals surface area contributed by atoms with Gasteiger partial charge in [0.2, 0.25) is 0 Å². The Morgan fingerprint density at radius 2 is 2.00 bits per heavy atom. The SMILES string of the molecule is CCc1cccc2c(CC3CCNCC3)cn(C)c12. The standard InChI is InChI=1S/C17H24N2/c1-3-14-5-4-6-16-15(12-19(2)17(14)16)11-13-7-9-18-10-8-13/h4-6,12-13,18H,3,7-11H2,1-2H3. The van der Waals surface area contributed by atoms with Crippen molar-refractivity contribution in [1.82, 2.24) is 9.88 Å². The van der Waals surface area contributed by atoms with Crippen molar-refractivity contribution >= 4 is 10.9 Å². The average Bonchev–Trinajstić information content (AvgIpc) is 2.77. The van der Waals surface area contributed by atoms with Gasteiger partial charge in [-0.15, -0.1) is 0 Å². The summed E-state index contributed by atoms with van der Waals surface area (Å²) in [6.45, 7) is 4.62. The summed E-state index contributed by atoms with van der Waals surface area (Å²) in [5, 5.41) is 4.93. The van der Waals surface area contributed by atoms with Crippen LogP contribution in [-0.4, -0.2) is 17.7 Å². The molecule has 1 saturated heterocycles. The molecule has 0 unspecified atom stereocenters. The van der Waals surface area contributed by atoms with E-state index in [4.69, 9.17) is 0 Å². The first kappa shape index (κ1) is 12.7. The summed E-state index contributed by atoms with van der Waals surface area (Å²) in [6, 6.07) is 6.77. The van der Waals surface area contributed by atoms with E-state index < -0.39 is 0 Å². The molecule has 102 valence electrons. The molecule has 2 aromatic rings. The molecule has 2 heteroatoms. The maximum absolute atomic E-state index is 3.46. The van der Waals surface area contributed by atoms with Crippen LogP contribution in [0.1, 0.15) is 30.9 Å². The van der Waals surface area contributed by atoms with E-state index in [0.717, 1.165) is 12.3 Å². The molecule has 0 atom stereocenters. The largest absolute Gasteiger partial charge is 0.350 e. The van der Waals surface area contributed by atoms with E-state index in [1.54, 1.807) is 5.56 Å². The highest BCUT2D eigenvalue weighted by Gasteiger charge is 2.17. The molecule has 0 aliphatic carbocycles. The van der Waals surface area contributed by atoms with Gasteiger partial charge >= 0.3 is 0 Å². The van der Waals surface area contributed by atoms with Crippen LogP contribution >= 0.6 is 0 Å². The van der Waals surface area contributed by atoms with Crippen molar-refractivity contribution in [1.29, 1.82) is 0 Å². The Kier molecular flexibility index (Phi) is 3.61. The number of piperidine rings is 1. The van der Waals surface area contributed by atoms with Gasteiger partial charge in [0, 0.05) is 18.6 Å². The first-order valence-electron chi connectivity index (χ1n) is 7.56. The summed E-state index contributed by atoms with van der Waals surface area (Å²) >= 11 is 0. The molecule has 19 heavy (non-hydrogen) atoms. The molecule has 0 spiro atoms. The summed E-state index contributed by atoms with van der Waals surface area (Å²) in [7, 11) is 2.19. The summed E-state index contributed by atoms with van der Waals surface area (Å²) in [4.78, 5) is 0. The third kappa shape index (κ3) is 2.42. The number of nitrogens with one attached hydrogen (secondary N) is 1. The molecule has 1 aliphatic heterocycles. The van der Waals surface area contributed by atoms with Crippen LogP contribution in [0.2, 0.25) is 0 Å². The number of hydrogen-bond donors (Lipinski definition) is 1. The number of rotatable bonds is 3. The van der Waals surface area contributed by atoms with Gasteiger partial charge in [-0.25, -0.2) is 0 Å². The maximum atomic E-state index is 3.46. The van der Waals surface area contributed by atoms with Crippen molar-refractivity contribution < 1.29 is 0 Å². The van der Waals surface area contributed by atoms with Gasteiger partial charge in [-0.2, -0.15) is 0 Å². The quantitative estimate of drug-likeness (QED) is 0.891. The number of fused-ring (bicyclic) bond motifs is 1. The normalized spacial score (nSPS) is 17.2. The van der Waals surface area contributed by atoms with Gasteiger partial charge in [0.25, 0.3) is 0 Å². The van der Waals surface area contributed by atoms with Crippen LogP contribution < -0.4 is 5.32 Å². The van der Waals surface area contributed by atoms with E-state index in [1.165, 1.54) is 48.8 Å². The number of hydrogen-bond acceptors (Lipinski definition) is 1. The van der Waals surface area contributed by atoms with Gasteiger partial charge in [0.05, 0.1) is 5.52 Å². The second-order valence-corrected chi connectivity index (χ2v) is 5.83. The number of benzene rings is 1. The average molecular weight is 256 g/mol. The van der Waals surface area contributed by atoms with Crippen LogP contribution in [-0.2, 0) is 19.9 Å². The Morgan fingerprint density at radius 3 is 2.74 bits per heavy atom. The van der Waals surface area contributed by atoms with Gasteiger partial charge in [0.15, 0.2) is 0 Å². The van der Waals surface area contributed by atoms with Crippen LogP contribution in [0.25, 0.3) is 10.9 Å². The highest BCUT2D eigenvalue weighted by Crippen LogP contribution is 2.28. The number of nitrogens with zero attached hydrogens (tertiary/aromatic N) is 1. The lowest BCUT2D eigenvalue weighted by Gasteiger charge is -2.22.